The first-order valence-corrected chi connectivity index (χ1v) is 5.34. The van der Waals surface area contributed by atoms with E-state index in [0.717, 1.165) is 24.0 Å². The van der Waals surface area contributed by atoms with Gasteiger partial charge in [-0.1, -0.05) is 26.2 Å². The molecule has 0 aromatic carbocycles. The molecule has 0 aliphatic heterocycles. The number of pyridine rings is 1. The third-order valence-electron chi connectivity index (χ3n) is 2.50. The van der Waals surface area contributed by atoms with E-state index in [1.54, 1.807) is 12.4 Å². The summed E-state index contributed by atoms with van der Waals surface area (Å²) < 4.78 is 0. The average molecular weight is 193 g/mol. The number of rotatable bonds is 5. The Balaban J connectivity index is 2.51. The number of unbranched alkanes of at least 4 members (excludes halogenated alkanes) is 2. The highest BCUT2D eigenvalue weighted by atomic mass is 16.3. The zero-order valence-electron chi connectivity index (χ0n) is 9.03. The normalized spacial score (nSPS) is 12.8. The van der Waals surface area contributed by atoms with Crippen LogP contribution < -0.4 is 0 Å². The fraction of sp³-hybridized carbons (Fsp3) is 0.583. The molecule has 0 fully saturated rings. The molecule has 0 radical (unpaired) electrons. The van der Waals surface area contributed by atoms with Gasteiger partial charge in [0, 0.05) is 12.4 Å². The van der Waals surface area contributed by atoms with E-state index in [2.05, 4.69) is 11.9 Å². The second-order valence-electron chi connectivity index (χ2n) is 3.74. The molecule has 0 aliphatic rings. The maximum atomic E-state index is 9.90. The van der Waals surface area contributed by atoms with Gasteiger partial charge in [0.1, 0.15) is 0 Å². The summed E-state index contributed by atoms with van der Waals surface area (Å²) in [7, 11) is 0. The molecule has 2 nitrogen and oxygen atoms in total. The van der Waals surface area contributed by atoms with Crippen molar-refractivity contribution in [2.24, 2.45) is 0 Å². The van der Waals surface area contributed by atoms with Crippen LogP contribution in [0.4, 0.5) is 0 Å². The zero-order valence-corrected chi connectivity index (χ0v) is 9.03. The van der Waals surface area contributed by atoms with Crippen molar-refractivity contribution in [2.75, 3.05) is 0 Å². The lowest BCUT2D eigenvalue weighted by Crippen LogP contribution is -2.00. The van der Waals surface area contributed by atoms with Crippen molar-refractivity contribution in [2.45, 2.75) is 45.6 Å². The minimum Gasteiger partial charge on any atom is -0.388 e. The minimum atomic E-state index is -0.315. The Labute approximate surface area is 86.0 Å². The van der Waals surface area contributed by atoms with Crippen molar-refractivity contribution in [3.05, 3.63) is 29.6 Å². The number of nitrogens with zero attached hydrogens (tertiary/aromatic N) is 1. The summed E-state index contributed by atoms with van der Waals surface area (Å²) in [4.78, 5) is 4.01. The monoisotopic (exact) mass is 193 g/mol. The second-order valence-corrected chi connectivity index (χ2v) is 3.74. The molecule has 78 valence electrons. The summed E-state index contributed by atoms with van der Waals surface area (Å²) in [5.41, 5.74) is 2.10. The van der Waals surface area contributed by atoms with Gasteiger partial charge in [-0.15, -0.1) is 0 Å². The van der Waals surface area contributed by atoms with Crippen molar-refractivity contribution >= 4 is 0 Å². The molecular weight excluding hydrogens is 174 g/mol. The Morgan fingerprint density at radius 1 is 1.43 bits per heavy atom. The summed E-state index contributed by atoms with van der Waals surface area (Å²) >= 11 is 0. The first-order valence-electron chi connectivity index (χ1n) is 5.34. The highest BCUT2D eigenvalue weighted by molar-refractivity contribution is 5.23. The number of aromatic nitrogens is 1. The summed E-state index contributed by atoms with van der Waals surface area (Å²) in [6.07, 6.45) is 7.58. The SMILES string of the molecule is CCCCCC(O)c1ccncc1C. The van der Waals surface area contributed by atoms with E-state index in [-0.39, 0.29) is 6.10 Å². The largest absolute Gasteiger partial charge is 0.388 e. The molecule has 2 heteroatoms. The van der Waals surface area contributed by atoms with Gasteiger partial charge in [-0.05, 0) is 30.5 Å². The minimum absolute atomic E-state index is 0.315. The molecule has 0 saturated heterocycles. The van der Waals surface area contributed by atoms with E-state index in [1.807, 2.05) is 13.0 Å². The van der Waals surface area contributed by atoms with Crippen molar-refractivity contribution < 1.29 is 5.11 Å². The number of aryl methyl sites for hydroxylation is 1. The Bertz CT molecular complexity index is 273. The van der Waals surface area contributed by atoms with Gasteiger partial charge in [-0.25, -0.2) is 0 Å². The van der Waals surface area contributed by atoms with Crippen molar-refractivity contribution in [3.8, 4) is 0 Å². The third kappa shape index (κ3) is 3.11. The molecule has 1 N–H and O–H groups in total. The van der Waals surface area contributed by atoms with Gasteiger partial charge in [0.25, 0.3) is 0 Å². The number of aliphatic hydroxyl groups excluding tert-OH is 1. The third-order valence-corrected chi connectivity index (χ3v) is 2.50. The zero-order chi connectivity index (χ0) is 10.4. The molecule has 0 aliphatic carbocycles. The van der Waals surface area contributed by atoms with Gasteiger partial charge in [-0.3, -0.25) is 4.98 Å². The van der Waals surface area contributed by atoms with E-state index in [1.165, 1.54) is 12.8 Å². The standard InChI is InChI=1S/C12H19NO/c1-3-4-5-6-12(14)11-7-8-13-9-10(11)2/h7-9,12,14H,3-6H2,1-2H3. The lowest BCUT2D eigenvalue weighted by molar-refractivity contribution is 0.163. The highest BCUT2D eigenvalue weighted by Crippen LogP contribution is 2.21. The summed E-state index contributed by atoms with van der Waals surface area (Å²) in [5, 5.41) is 9.90. The smallest absolute Gasteiger partial charge is 0.0793 e. The van der Waals surface area contributed by atoms with E-state index in [9.17, 15) is 5.11 Å². The molecule has 1 unspecified atom stereocenters. The van der Waals surface area contributed by atoms with Gasteiger partial charge >= 0.3 is 0 Å². The molecule has 1 atom stereocenters. The second kappa shape index (κ2) is 5.76. The van der Waals surface area contributed by atoms with Crippen molar-refractivity contribution in [1.29, 1.82) is 0 Å². The van der Waals surface area contributed by atoms with Crippen LogP contribution in [0, 0.1) is 6.92 Å². The van der Waals surface area contributed by atoms with Crippen LogP contribution in [0.3, 0.4) is 0 Å². The Morgan fingerprint density at radius 3 is 2.86 bits per heavy atom. The predicted octanol–water partition coefficient (Wildman–Crippen LogP) is 3.00. The molecule has 1 aromatic heterocycles. The number of aliphatic hydroxyl groups is 1. The van der Waals surface area contributed by atoms with Gasteiger partial charge in [-0.2, -0.15) is 0 Å². The van der Waals surface area contributed by atoms with Crippen molar-refractivity contribution in [3.63, 3.8) is 0 Å². The Morgan fingerprint density at radius 2 is 2.21 bits per heavy atom. The highest BCUT2D eigenvalue weighted by Gasteiger charge is 2.08. The number of hydrogen-bond acceptors (Lipinski definition) is 2. The summed E-state index contributed by atoms with van der Waals surface area (Å²) in [5.74, 6) is 0. The first-order chi connectivity index (χ1) is 6.75. The van der Waals surface area contributed by atoms with Crippen LogP contribution in [0.5, 0.6) is 0 Å². The van der Waals surface area contributed by atoms with E-state index >= 15 is 0 Å². The summed E-state index contributed by atoms with van der Waals surface area (Å²) in [6.45, 7) is 4.16. The fourth-order valence-corrected chi connectivity index (χ4v) is 1.60. The maximum absolute atomic E-state index is 9.90. The quantitative estimate of drug-likeness (QED) is 0.729. The number of hydrogen-bond donors (Lipinski definition) is 1. The molecule has 1 aromatic rings. The van der Waals surface area contributed by atoms with Crippen LogP contribution in [0.1, 0.15) is 49.8 Å². The molecule has 0 amide bonds. The van der Waals surface area contributed by atoms with Crippen LogP contribution in [0.25, 0.3) is 0 Å². The predicted molar refractivity (Wildman–Crippen MR) is 58.1 cm³/mol. The lowest BCUT2D eigenvalue weighted by Gasteiger charge is -2.12. The Kier molecular flexibility index (Phi) is 4.60. The van der Waals surface area contributed by atoms with E-state index < -0.39 is 0 Å². The topological polar surface area (TPSA) is 33.1 Å². The molecular formula is C12H19NO. The maximum Gasteiger partial charge on any atom is 0.0793 e. The van der Waals surface area contributed by atoms with Gasteiger partial charge < -0.3 is 5.11 Å². The van der Waals surface area contributed by atoms with Crippen molar-refractivity contribution in [1.82, 2.24) is 4.98 Å². The van der Waals surface area contributed by atoms with Crippen LogP contribution in [-0.4, -0.2) is 10.1 Å². The molecule has 1 rings (SSSR count). The lowest BCUT2D eigenvalue weighted by atomic mass is 10.0. The van der Waals surface area contributed by atoms with E-state index in [0.29, 0.717) is 0 Å². The molecule has 1 heterocycles. The van der Waals surface area contributed by atoms with Crippen LogP contribution in [0.2, 0.25) is 0 Å². The summed E-state index contributed by atoms with van der Waals surface area (Å²) in [6, 6.07) is 1.91. The Hall–Kier alpha value is -0.890. The molecule has 14 heavy (non-hydrogen) atoms. The fourth-order valence-electron chi connectivity index (χ4n) is 1.60. The van der Waals surface area contributed by atoms with Crippen LogP contribution in [-0.2, 0) is 0 Å². The van der Waals surface area contributed by atoms with Gasteiger partial charge in [0.05, 0.1) is 6.10 Å². The molecule has 0 saturated carbocycles. The van der Waals surface area contributed by atoms with E-state index in [4.69, 9.17) is 0 Å². The average Bonchev–Trinajstić information content (AvgIpc) is 2.18. The van der Waals surface area contributed by atoms with Gasteiger partial charge in [0.15, 0.2) is 0 Å². The molecule has 0 spiro atoms. The van der Waals surface area contributed by atoms with Crippen LogP contribution in [0.15, 0.2) is 18.5 Å². The first kappa shape index (κ1) is 11.2. The molecule has 0 bridgehead atoms. The van der Waals surface area contributed by atoms with Crippen LogP contribution >= 0.6 is 0 Å². The van der Waals surface area contributed by atoms with Gasteiger partial charge in [0.2, 0.25) is 0 Å².